The van der Waals surface area contributed by atoms with Crippen molar-refractivity contribution in [2.75, 3.05) is 0 Å². The summed E-state index contributed by atoms with van der Waals surface area (Å²) in [4.78, 5) is 22.1. The molecular weight excluding hydrogens is 196 g/mol. The Hall–Kier alpha value is -1.68. The number of ether oxygens (including phenoxy) is 1. The zero-order valence-electron chi connectivity index (χ0n) is 7.97. The lowest BCUT2D eigenvalue weighted by Gasteiger charge is -2.15. The highest BCUT2D eigenvalue weighted by molar-refractivity contribution is 5.99. The lowest BCUT2D eigenvalue weighted by molar-refractivity contribution is -0.158. The molecule has 1 fully saturated rings. The van der Waals surface area contributed by atoms with Gasteiger partial charge in [-0.1, -0.05) is 30.3 Å². The van der Waals surface area contributed by atoms with Gasteiger partial charge in [-0.3, -0.25) is 4.79 Å². The summed E-state index contributed by atoms with van der Waals surface area (Å²) in [6.07, 6.45) is -0.154. The van der Waals surface area contributed by atoms with E-state index in [0.29, 0.717) is 0 Å². The predicted molar refractivity (Wildman–Crippen MR) is 50.8 cm³/mol. The average Bonchev–Trinajstić information content (AvgIpc) is 2.41. The Morgan fingerprint density at radius 2 is 1.93 bits per heavy atom. The quantitative estimate of drug-likeness (QED) is 0.563. The molecule has 4 nitrogen and oxygen atoms in total. The molecule has 15 heavy (non-hydrogen) atoms. The topological polar surface area (TPSA) is 63.6 Å². The molecule has 1 atom stereocenters. The molecule has 0 radical (unpaired) electrons. The van der Waals surface area contributed by atoms with E-state index in [2.05, 4.69) is 4.74 Å². The summed E-state index contributed by atoms with van der Waals surface area (Å²) in [5, 5.41) is 9.89. The van der Waals surface area contributed by atoms with E-state index in [1.54, 1.807) is 24.3 Å². The molecule has 2 rings (SSSR count). The highest BCUT2D eigenvalue weighted by Gasteiger charge is 2.47. The fourth-order valence-electron chi connectivity index (χ4n) is 1.61. The Morgan fingerprint density at radius 1 is 1.27 bits per heavy atom. The fraction of sp³-hybridized carbons (Fsp3) is 0.273. The van der Waals surface area contributed by atoms with Crippen molar-refractivity contribution in [2.45, 2.75) is 18.4 Å². The van der Waals surface area contributed by atoms with Gasteiger partial charge in [-0.05, 0) is 5.56 Å². The Labute approximate surface area is 86.5 Å². The molecule has 1 heterocycles. The van der Waals surface area contributed by atoms with E-state index >= 15 is 0 Å². The third kappa shape index (κ3) is 1.89. The summed E-state index contributed by atoms with van der Waals surface area (Å²) in [6, 6.07) is 9.02. The minimum atomic E-state index is -1.68. The second-order valence-electron chi connectivity index (χ2n) is 3.63. The van der Waals surface area contributed by atoms with Crippen molar-refractivity contribution in [3.05, 3.63) is 35.9 Å². The lowest BCUT2D eigenvalue weighted by atomic mass is 9.93. The van der Waals surface area contributed by atoms with Gasteiger partial charge in [0.1, 0.15) is 0 Å². The fourth-order valence-corrected chi connectivity index (χ4v) is 1.61. The summed E-state index contributed by atoms with van der Waals surface area (Å²) in [7, 11) is 0. The van der Waals surface area contributed by atoms with Crippen LogP contribution in [-0.4, -0.2) is 22.6 Å². The van der Waals surface area contributed by atoms with Crippen molar-refractivity contribution in [3.63, 3.8) is 0 Å². The number of benzene rings is 1. The number of cyclic esters (lactones) is 2. The number of carbonyl (C=O) groups excluding carboxylic acids is 2. The van der Waals surface area contributed by atoms with Crippen LogP contribution >= 0.6 is 0 Å². The molecular formula is C11H10O4. The van der Waals surface area contributed by atoms with Gasteiger partial charge in [0, 0.05) is 6.42 Å². The average molecular weight is 206 g/mol. The smallest absolute Gasteiger partial charge is 0.346 e. The van der Waals surface area contributed by atoms with E-state index in [9.17, 15) is 14.7 Å². The van der Waals surface area contributed by atoms with Gasteiger partial charge in [0.25, 0.3) is 0 Å². The van der Waals surface area contributed by atoms with E-state index in [1.807, 2.05) is 6.07 Å². The van der Waals surface area contributed by atoms with Crippen molar-refractivity contribution < 1.29 is 19.4 Å². The van der Waals surface area contributed by atoms with E-state index in [1.165, 1.54) is 0 Å². The van der Waals surface area contributed by atoms with Gasteiger partial charge in [0.2, 0.25) is 0 Å². The van der Waals surface area contributed by atoms with E-state index in [4.69, 9.17) is 0 Å². The molecule has 1 N–H and O–H groups in total. The summed E-state index contributed by atoms with van der Waals surface area (Å²) >= 11 is 0. The normalized spacial score (nSPS) is 25.4. The Morgan fingerprint density at radius 3 is 2.47 bits per heavy atom. The summed E-state index contributed by atoms with van der Waals surface area (Å²) in [6.45, 7) is 0. The van der Waals surface area contributed by atoms with Crippen molar-refractivity contribution in [3.8, 4) is 0 Å². The lowest BCUT2D eigenvalue weighted by Crippen LogP contribution is -2.36. The molecule has 1 aromatic rings. The van der Waals surface area contributed by atoms with Gasteiger partial charge in [-0.2, -0.15) is 0 Å². The van der Waals surface area contributed by atoms with Crippen LogP contribution in [0.2, 0.25) is 0 Å². The largest absolute Gasteiger partial charge is 0.391 e. The molecule has 0 aromatic heterocycles. The molecule has 0 spiro atoms. The third-order valence-corrected chi connectivity index (χ3v) is 2.36. The Balaban J connectivity index is 2.18. The molecule has 1 unspecified atom stereocenters. The molecule has 78 valence electrons. The SMILES string of the molecule is O=C1CC(O)(Cc2ccccc2)C(=O)O1. The highest BCUT2D eigenvalue weighted by Crippen LogP contribution is 2.25. The zero-order chi connectivity index (χ0) is 10.9. The molecule has 0 amide bonds. The predicted octanol–water partition coefficient (Wildman–Crippen LogP) is 0.434. The first kappa shape index (κ1) is 9.86. The number of aliphatic hydroxyl groups is 1. The summed E-state index contributed by atoms with van der Waals surface area (Å²) in [5.74, 6) is -1.52. The van der Waals surface area contributed by atoms with Crippen molar-refractivity contribution in [1.82, 2.24) is 0 Å². The van der Waals surface area contributed by atoms with Crippen molar-refractivity contribution in [1.29, 1.82) is 0 Å². The minimum absolute atomic E-state index is 0.110. The van der Waals surface area contributed by atoms with Gasteiger partial charge < -0.3 is 9.84 Å². The highest BCUT2D eigenvalue weighted by atomic mass is 16.6. The first-order valence-electron chi connectivity index (χ1n) is 4.62. The first-order chi connectivity index (χ1) is 7.10. The van der Waals surface area contributed by atoms with Gasteiger partial charge in [0.05, 0.1) is 6.42 Å². The molecule has 1 aliphatic rings. The second kappa shape index (κ2) is 3.47. The van der Waals surface area contributed by atoms with Crippen LogP contribution in [0.5, 0.6) is 0 Å². The maximum absolute atomic E-state index is 11.2. The monoisotopic (exact) mass is 206 g/mol. The number of esters is 2. The van der Waals surface area contributed by atoms with Crippen LogP contribution in [0.3, 0.4) is 0 Å². The van der Waals surface area contributed by atoms with Crippen LogP contribution < -0.4 is 0 Å². The molecule has 1 aliphatic heterocycles. The van der Waals surface area contributed by atoms with Crippen molar-refractivity contribution in [2.24, 2.45) is 0 Å². The Bertz CT molecular complexity index is 398. The van der Waals surface area contributed by atoms with Crippen LogP contribution in [0.4, 0.5) is 0 Å². The molecule has 1 saturated heterocycles. The maximum Gasteiger partial charge on any atom is 0.346 e. The molecule has 1 aromatic carbocycles. The number of hydrogen-bond acceptors (Lipinski definition) is 4. The molecule has 0 saturated carbocycles. The molecule has 4 heteroatoms. The van der Waals surface area contributed by atoms with E-state index in [0.717, 1.165) is 5.56 Å². The number of hydrogen-bond donors (Lipinski definition) is 1. The minimum Gasteiger partial charge on any atom is -0.391 e. The molecule has 0 bridgehead atoms. The van der Waals surface area contributed by atoms with Crippen LogP contribution in [0.25, 0.3) is 0 Å². The van der Waals surface area contributed by atoms with Crippen LogP contribution in [0, 0.1) is 0 Å². The van der Waals surface area contributed by atoms with Gasteiger partial charge >= 0.3 is 11.9 Å². The van der Waals surface area contributed by atoms with E-state index < -0.39 is 17.5 Å². The second-order valence-corrected chi connectivity index (χ2v) is 3.63. The van der Waals surface area contributed by atoms with Crippen LogP contribution in [-0.2, 0) is 20.7 Å². The Kier molecular flexibility index (Phi) is 2.28. The summed E-state index contributed by atoms with van der Waals surface area (Å²) in [5.41, 5.74) is -0.884. The maximum atomic E-state index is 11.2. The van der Waals surface area contributed by atoms with Gasteiger partial charge in [-0.15, -0.1) is 0 Å². The third-order valence-electron chi connectivity index (χ3n) is 2.36. The van der Waals surface area contributed by atoms with Crippen molar-refractivity contribution >= 4 is 11.9 Å². The van der Waals surface area contributed by atoms with E-state index in [-0.39, 0.29) is 12.8 Å². The van der Waals surface area contributed by atoms with Gasteiger partial charge in [0.15, 0.2) is 5.60 Å². The summed E-state index contributed by atoms with van der Waals surface area (Å²) < 4.78 is 4.32. The zero-order valence-corrected chi connectivity index (χ0v) is 7.97. The van der Waals surface area contributed by atoms with Crippen LogP contribution in [0.1, 0.15) is 12.0 Å². The number of rotatable bonds is 2. The number of carbonyl (C=O) groups is 2. The standard InChI is InChI=1S/C11H10O4/c12-9-7-11(14,10(13)15-9)6-8-4-2-1-3-5-8/h1-5,14H,6-7H2. The first-order valence-corrected chi connectivity index (χ1v) is 4.62. The van der Waals surface area contributed by atoms with Gasteiger partial charge in [-0.25, -0.2) is 4.79 Å². The molecule has 0 aliphatic carbocycles. The van der Waals surface area contributed by atoms with Crippen LogP contribution in [0.15, 0.2) is 30.3 Å².